The summed E-state index contributed by atoms with van der Waals surface area (Å²) in [5.41, 5.74) is 0.198. The zero-order chi connectivity index (χ0) is 11.5. The van der Waals surface area contributed by atoms with Crippen LogP contribution in [0.4, 0.5) is 0 Å². The lowest BCUT2D eigenvalue weighted by molar-refractivity contribution is 0.130. The molecule has 0 amide bonds. The number of aryl methyl sites for hydroxylation is 1. The van der Waals surface area contributed by atoms with Gasteiger partial charge >= 0.3 is 0 Å². The van der Waals surface area contributed by atoms with Crippen molar-refractivity contribution in [2.24, 2.45) is 5.41 Å². The van der Waals surface area contributed by atoms with Gasteiger partial charge in [0, 0.05) is 9.75 Å². The molecule has 86 valence electrons. The SMILES string of the molecule is CCc1ccc(CC(C)(C)CC(C)O)s1. The highest BCUT2D eigenvalue weighted by Crippen LogP contribution is 2.30. The minimum absolute atomic E-state index is 0.198. The smallest absolute Gasteiger partial charge is 0.0517 e. The van der Waals surface area contributed by atoms with Crippen LogP contribution in [0.15, 0.2) is 12.1 Å². The van der Waals surface area contributed by atoms with Crippen LogP contribution < -0.4 is 0 Å². The molecule has 0 bridgehead atoms. The highest BCUT2D eigenvalue weighted by Gasteiger charge is 2.21. The second-order valence-electron chi connectivity index (χ2n) is 5.12. The number of rotatable bonds is 5. The molecule has 0 aliphatic heterocycles. The molecule has 0 spiro atoms. The third kappa shape index (κ3) is 4.35. The summed E-state index contributed by atoms with van der Waals surface area (Å²) >= 11 is 1.91. The number of aliphatic hydroxyl groups excluding tert-OH is 1. The molecule has 1 N–H and O–H groups in total. The third-order valence-electron chi connectivity index (χ3n) is 2.57. The number of aliphatic hydroxyl groups is 1. The molecule has 1 aromatic heterocycles. The van der Waals surface area contributed by atoms with Crippen LogP contribution in [0.1, 0.15) is 43.9 Å². The van der Waals surface area contributed by atoms with Crippen LogP contribution in [0.3, 0.4) is 0 Å². The first-order chi connectivity index (χ1) is 6.93. The zero-order valence-electron chi connectivity index (χ0n) is 10.2. The van der Waals surface area contributed by atoms with Gasteiger partial charge in [-0.3, -0.25) is 0 Å². The van der Waals surface area contributed by atoms with Crippen LogP contribution in [-0.2, 0) is 12.8 Å². The Morgan fingerprint density at radius 1 is 1.33 bits per heavy atom. The molecule has 0 aromatic carbocycles. The second-order valence-corrected chi connectivity index (χ2v) is 6.37. The van der Waals surface area contributed by atoms with Gasteiger partial charge in [-0.25, -0.2) is 0 Å². The lowest BCUT2D eigenvalue weighted by Gasteiger charge is -2.25. The maximum atomic E-state index is 9.42. The Bertz CT molecular complexity index is 299. The van der Waals surface area contributed by atoms with E-state index in [1.54, 1.807) is 0 Å². The van der Waals surface area contributed by atoms with E-state index in [0.29, 0.717) is 0 Å². The Balaban J connectivity index is 2.59. The fourth-order valence-electron chi connectivity index (χ4n) is 2.05. The van der Waals surface area contributed by atoms with Gasteiger partial charge in [0.05, 0.1) is 6.10 Å². The van der Waals surface area contributed by atoms with E-state index in [2.05, 4.69) is 32.9 Å². The molecule has 15 heavy (non-hydrogen) atoms. The van der Waals surface area contributed by atoms with Crippen LogP contribution in [0.25, 0.3) is 0 Å². The van der Waals surface area contributed by atoms with Crippen molar-refractivity contribution in [3.05, 3.63) is 21.9 Å². The van der Waals surface area contributed by atoms with E-state index in [-0.39, 0.29) is 11.5 Å². The molecule has 0 saturated carbocycles. The van der Waals surface area contributed by atoms with E-state index in [1.807, 2.05) is 18.3 Å². The predicted molar refractivity (Wildman–Crippen MR) is 67.5 cm³/mol. The zero-order valence-corrected chi connectivity index (χ0v) is 11.0. The first-order valence-corrected chi connectivity index (χ1v) is 6.50. The summed E-state index contributed by atoms with van der Waals surface area (Å²) in [6.45, 7) is 8.51. The van der Waals surface area contributed by atoms with Gasteiger partial charge in [-0.1, -0.05) is 20.8 Å². The standard InChI is InChI=1S/C13H22OS/c1-5-11-6-7-12(15-11)9-13(3,4)8-10(2)14/h6-7,10,14H,5,8-9H2,1-4H3. The monoisotopic (exact) mass is 226 g/mol. The second kappa shape index (κ2) is 5.13. The Morgan fingerprint density at radius 2 is 1.93 bits per heavy atom. The summed E-state index contributed by atoms with van der Waals surface area (Å²) in [5, 5.41) is 9.42. The van der Waals surface area contributed by atoms with E-state index < -0.39 is 0 Å². The fraction of sp³-hybridized carbons (Fsp3) is 0.692. The van der Waals surface area contributed by atoms with Crippen molar-refractivity contribution in [1.29, 1.82) is 0 Å². The van der Waals surface area contributed by atoms with Gasteiger partial charge in [0.15, 0.2) is 0 Å². The Morgan fingerprint density at radius 3 is 2.40 bits per heavy atom. The first-order valence-electron chi connectivity index (χ1n) is 5.68. The maximum absolute atomic E-state index is 9.42. The number of thiophene rings is 1. The fourth-order valence-corrected chi connectivity index (χ4v) is 3.27. The molecule has 0 aliphatic rings. The summed E-state index contributed by atoms with van der Waals surface area (Å²) in [6.07, 6.45) is 2.86. The van der Waals surface area contributed by atoms with Gasteiger partial charge in [0.2, 0.25) is 0 Å². The molecule has 1 atom stereocenters. The van der Waals surface area contributed by atoms with Crippen LogP contribution in [0.5, 0.6) is 0 Å². The molecule has 0 radical (unpaired) electrons. The number of hydrogen-bond acceptors (Lipinski definition) is 2. The summed E-state index contributed by atoms with van der Waals surface area (Å²) in [4.78, 5) is 2.90. The van der Waals surface area contributed by atoms with E-state index in [9.17, 15) is 5.11 Å². The molecule has 2 heteroatoms. The molecule has 1 heterocycles. The molecular weight excluding hydrogens is 204 g/mol. The highest BCUT2D eigenvalue weighted by atomic mass is 32.1. The maximum Gasteiger partial charge on any atom is 0.0517 e. The highest BCUT2D eigenvalue weighted by molar-refractivity contribution is 7.11. The van der Waals surface area contributed by atoms with Gasteiger partial charge in [0.1, 0.15) is 0 Å². The van der Waals surface area contributed by atoms with Crippen molar-refractivity contribution in [3.8, 4) is 0 Å². The van der Waals surface area contributed by atoms with Crippen molar-refractivity contribution in [2.75, 3.05) is 0 Å². The van der Waals surface area contributed by atoms with Crippen molar-refractivity contribution >= 4 is 11.3 Å². The lowest BCUT2D eigenvalue weighted by Crippen LogP contribution is -2.20. The average Bonchev–Trinajstić information content (AvgIpc) is 2.48. The van der Waals surface area contributed by atoms with Gasteiger partial charge in [-0.15, -0.1) is 11.3 Å². The van der Waals surface area contributed by atoms with Gasteiger partial charge < -0.3 is 5.11 Å². The Kier molecular flexibility index (Phi) is 4.35. The summed E-state index contributed by atoms with van der Waals surface area (Å²) < 4.78 is 0. The van der Waals surface area contributed by atoms with Crippen molar-refractivity contribution in [1.82, 2.24) is 0 Å². The van der Waals surface area contributed by atoms with E-state index >= 15 is 0 Å². The lowest BCUT2D eigenvalue weighted by atomic mass is 9.83. The van der Waals surface area contributed by atoms with Gasteiger partial charge in [0.25, 0.3) is 0 Å². The minimum Gasteiger partial charge on any atom is -0.393 e. The van der Waals surface area contributed by atoms with Gasteiger partial charge in [-0.05, 0) is 43.7 Å². The third-order valence-corrected chi connectivity index (χ3v) is 3.80. The predicted octanol–water partition coefficient (Wildman–Crippen LogP) is 3.65. The molecule has 1 nitrogen and oxygen atoms in total. The van der Waals surface area contributed by atoms with Crippen LogP contribution in [0, 0.1) is 5.41 Å². The Labute approximate surface area is 97.2 Å². The van der Waals surface area contributed by atoms with Crippen molar-refractivity contribution < 1.29 is 5.11 Å². The largest absolute Gasteiger partial charge is 0.393 e. The topological polar surface area (TPSA) is 20.2 Å². The molecule has 0 aliphatic carbocycles. The minimum atomic E-state index is -0.203. The summed E-state index contributed by atoms with van der Waals surface area (Å²) in [6, 6.07) is 4.45. The van der Waals surface area contributed by atoms with Gasteiger partial charge in [-0.2, -0.15) is 0 Å². The molecule has 1 rings (SSSR count). The molecule has 0 fully saturated rings. The molecule has 0 saturated heterocycles. The summed E-state index contributed by atoms with van der Waals surface area (Å²) in [7, 11) is 0. The normalized spacial score (nSPS) is 14.2. The van der Waals surface area contributed by atoms with Crippen LogP contribution >= 0.6 is 11.3 Å². The van der Waals surface area contributed by atoms with Crippen LogP contribution in [-0.4, -0.2) is 11.2 Å². The average molecular weight is 226 g/mol. The van der Waals surface area contributed by atoms with Crippen LogP contribution in [0.2, 0.25) is 0 Å². The van der Waals surface area contributed by atoms with E-state index in [0.717, 1.165) is 19.3 Å². The van der Waals surface area contributed by atoms with E-state index in [1.165, 1.54) is 9.75 Å². The Hall–Kier alpha value is -0.340. The quantitative estimate of drug-likeness (QED) is 0.812. The van der Waals surface area contributed by atoms with E-state index in [4.69, 9.17) is 0 Å². The first kappa shape index (κ1) is 12.7. The van der Waals surface area contributed by atoms with Crippen molar-refractivity contribution in [2.45, 2.75) is 53.1 Å². The number of hydrogen-bond donors (Lipinski definition) is 1. The molecule has 1 aromatic rings. The summed E-state index contributed by atoms with van der Waals surface area (Å²) in [5.74, 6) is 0. The molecular formula is C13H22OS. The molecule has 1 unspecified atom stereocenters. The van der Waals surface area contributed by atoms with Crippen molar-refractivity contribution in [3.63, 3.8) is 0 Å².